The maximum absolute atomic E-state index is 12.9. The number of rotatable bonds is 4. The summed E-state index contributed by atoms with van der Waals surface area (Å²) in [5.41, 5.74) is 6.28. The molecule has 32 heavy (non-hydrogen) atoms. The standard InChI is InChI=1S/C25H21N5O2/c1-15-8-7-11-21(16(15)2)26-25(31)23-17(3)30(29-27-23)19-12-13-22-20(14-19)24(32-28-22)18-9-5-4-6-10-18/h4-14H,1-3H3,(H,26,31). The second kappa shape index (κ2) is 7.77. The van der Waals surface area contributed by atoms with Crippen molar-refractivity contribution in [3.8, 4) is 17.0 Å². The number of nitrogens with zero attached hydrogens (tertiary/aromatic N) is 4. The summed E-state index contributed by atoms with van der Waals surface area (Å²) in [6.45, 7) is 5.82. The van der Waals surface area contributed by atoms with Gasteiger partial charge in [-0.25, -0.2) is 4.68 Å². The smallest absolute Gasteiger partial charge is 0.278 e. The number of aryl methyl sites for hydroxylation is 1. The van der Waals surface area contributed by atoms with Crippen LogP contribution in [0.25, 0.3) is 27.9 Å². The van der Waals surface area contributed by atoms with Gasteiger partial charge in [0.1, 0.15) is 5.52 Å². The zero-order chi connectivity index (χ0) is 22.2. The minimum atomic E-state index is -0.293. The molecule has 2 heterocycles. The molecule has 0 saturated heterocycles. The van der Waals surface area contributed by atoms with Crippen LogP contribution in [0.1, 0.15) is 27.3 Å². The molecule has 5 rings (SSSR count). The zero-order valence-electron chi connectivity index (χ0n) is 18.0. The first kappa shape index (κ1) is 19.7. The summed E-state index contributed by atoms with van der Waals surface area (Å²) in [7, 11) is 0. The molecule has 0 radical (unpaired) electrons. The molecule has 0 unspecified atom stereocenters. The molecule has 158 valence electrons. The van der Waals surface area contributed by atoms with Crippen LogP contribution in [0, 0.1) is 20.8 Å². The maximum atomic E-state index is 12.9. The van der Waals surface area contributed by atoms with Crippen LogP contribution in [0.3, 0.4) is 0 Å². The molecule has 1 amide bonds. The van der Waals surface area contributed by atoms with Crippen LogP contribution in [0.4, 0.5) is 5.69 Å². The van der Waals surface area contributed by atoms with E-state index >= 15 is 0 Å². The van der Waals surface area contributed by atoms with Crippen molar-refractivity contribution in [2.75, 3.05) is 5.32 Å². The highest BCUT2D eigenvalue weighted by molar-refractivity contribution is 6.04. The molecule has 0 spiro atoms. The van der Waals surface area contributed by atoms with Crippen LogP contribution in [0.15, 0.2) is 71.3 Å². The third-order valence-corrected chi connectivity index (χ3v) is 5.70. The van der Waals surface area contributed by atoms with Gasteiger partial charge in [0, 0.05) is 11.3 Å². The number of amides is 1. The van der Waals surface area contributed by atoms with Crippen molar-refractivity contribution >= 4 is 22.5 Å². The van der Waals surface area contributed by atoms with E-state index in [1.54, 1.807) is 4.68 Å². The first-order valence-corrected chi connectivity index (χ1v) is 10.3. The summed E-state index contributed by atoms with van der Waals surface area (Å²) in [5.74, 6) is 0.395. The maximum Gasteiger partial charge on any atom is 0.278 e. The van der Waals surface area contributed by atoms with E-state index < -0.39 is 0 Å². The molecule has 7 nitrogen and oxygen atoms in total. The zero-order valence-corrected chi connectivity index (χ0v) is 18.0. The number of carbonyl (C=O) groups excluding carboxylic acids is 1. The van der Waals surface area contributed by atoms with E-state index in [1.807, 2.05) is 87.5 Å². The van der Waals surface area contributed by atoms with Crippen molar-refractivity contribution in [3.63, 3.8) is 0 Å². The summed E-state index contributed by atoms with van der Waals surface area (Å²) in [4.78, 5) is 12.9. The molecular weight excluding hydrogens is 402 g/mol. The average Bonchev–Trinajstić information content (AvgIpc) is 3.40. The minimum Gasteiger partial charge on any atom is -0.355 e. The van der Waals surface area contributed by atoms with E-state index in [1.165, 1.54) is 0 Å². The fraction of sp³-hybridized carbons (Fsp3) is 0.120. The van der Waals surface area contributed by atoms with Crippen molar-refractivity contribution < 1.29 is 9.32 Å². The number of hydrogen-bond acceptors (Lipinski definition) is 5. The largest absolute Gasteiger partial charge is 0.355 e. The van der Waals surface area contributed by atoms with Crippen LogP contribution in [-0.2, 0) is 0 Å². The summed E-state index contributed by atoms with van der Waals surface area (Å²) >= 11 is 0. The monoisotopic (exact) mass is 423 g/mol. The van der Waals surface area contributed by atoms with Crippen molar-refractivity contribution in [2.45, 2.75) is 20.8 Å². The molecule has 5 aromatic rings. The lowest BCUT2D eigenvalue weighted by atomic mass is 10.1. The van der Waals surface area contributed by atoms with Gasteiger partial charge < -0.3 is 9.84 Å². The Balaban J connectivity index is 1.50. The number of benzene rings is 3. The fourth-order valence-corrected chi connectivity index (χ4v) is 3.71. The molecule has 2 aromatic heterocycles. The number of aromatic nitrogens is 4. The van der Waals surface area contributed by atoms with E-state index in [9.17, 15) is 4.79 Å². The summed E-state index contributed by atoms with van der Waals surface area (Å²) < 4.78 is 7.25. The quantitative estimate of drug-likeness (QED) is 0.426. The molecule has 0 saturated carbocycles. The number of fused-ring (bicyclic) bond motifs is 1. The Morgan fingerprint density at radius 2 is 1.78 bits per heavy atom. The lowest BCUT2D eigenvalue weighted by molar-refractivity contribution is 0.102. The van der Waals surface area contributed by atoms with Gasteiger partial charge in [-0.3, -0.25) is 4.79 Å². The first-order chi connectivity index (χ1) is 15.5. The molecule has 0 aliphatic carbocycles. The highest BCUT2D eigenvalue weighted by Gasteiger charge is 2.19. The highest BCUT2D eigenvalue weighted by Crippen LogP contribution is 2.30. The predicted octanol–water partition coefficient (Wildman–Crippen LogP) is 5.25. The molecule has 0 fully saturated rings. The van der Waals surface area contributed by atoms with Crippen LogP contribution < -0.4 is 5.32 Å². The normalized spacial score (nSPS) is 11.1. The SMILES string of the molecule is Cc1cccc(NC(=O)c2nnn(-c3ccc4noc(-c5ccccc5)c4c3)c2C)c1C. The fourth-order valence-electron chi connectivity index (χ4n) is 3.71. The summed E-state index contributed by atoms with van der Waals surface area (Å²) in [6.07, 6.45) is 0. The first-order valence-electron chi connectivity index (χ1n) is 10.3. The Labute approximate surface area is 184 Å². The Kier molecular flexibility index (Phi) is 4.78. The van der Waals surface area contributed by atoms with Crippen LogP contribution in [-0.4, -0.2) is 26.1 Å². The number of anilines is 1. The second-order valence-corrected chi connectivity index (χ2v) is 7.72. The van der Waals surface area contributed by atoms with E-state index in [2.05, 4.69) is 20.8 Å². The van der Waals surface area contributed by atoms with Crippen LogP contribution in [0.5, 0.6) is 0 Å². The van der Waals surface area contributed by atoms with Crippen molar-refractivity contribution in [3.05, 3.63) is 89.2 Å². The molecule has 0 atom stereocenters. The lowest BCUT2D eigenvalue weighted by Gasteiger charge is -2.09. The second-order valence-electron chi connectivity index (χ2n) is 7.72. The van der Waals surface area contributed by atoms with Crippen molar-refractivity contribution in [1.29, 1.82) is 0 Å². The molecule has 7 heteroatoms. The molecule has 0 bridgehead atoms. The van der Waals surface area contributed by atoms with E-state index in [0.29, 0.717) is 11.5 Å². The predicted molar refractivity (Wildman–Crippen MR) is 123 cm³/mol. The van der Waals surface area contributed by atoms with Gasteiger partial charge in [0.05, 0.1) is 16.8 Å². The molecule has 0 aliphatic heterocycles. The summed E-state index contributed by atoms with van der Waals surface area (Å²) in [6, 6.07) is 21.3. The summed E-state index contributed by atoms with van der Waals surface area (Å²) in [5, 5.41) is 16.4. The van der Waals surface area contributed by atoms with Gasteiger partial charge in [-0.15, -0.1) is 5.10 Å². The molecule has 1 N–H and O–H groups in total. The van der Waals surface area contributed by atoms with Gasteiger partial charge in [-0.2, -0.15) is 0 Å². The Morgan fingerprint density at radius 1 is 0.969 bits per heavy atom. The van der Waals surface area contributed by atoms with Gasteiger partial charge in [0.25, 0.3) is 5.91 Å². The van der Waals surface area contributed by atoms with Crippen LogP contribution in [0.2, 0.25) is 0 Å². The minimum absolute atomic E-state index is 0.277. The lowest BCUT2D eigenvalue weighted by Crippen LogP contribution is -2.15. The Bertz CT molecular complexity index is 1450. The number of nitrogens with one attached hydrogen (secondary N) is 1. The van der Waals surface area contributed by atoms with Crippen LogP contribution >= 0.6 is 0 Å². The number of carbonyl (C=O) groups is 1. The van der Waals surface area contributed by atoms with E-state index in [-0.39, 0.29) is 11.6 Å². The molecular formula is C25H21N5O2. The third-order valence-electron chi connectivity index (χ3n) is 5.70. The van der Waals surface area contributed by atoms with Gasteiger partial charge in [0.15, 0.2) is 11.5 Å². The third kappa shape index (κ3) is 3.33. The van der Waals surface area contributed by atoms with Gasteiger partial charge in [-0.05, 0) is 56.2 Å². The molecule has 3 aromatic carbocycles. The van der Waals surface area contributed by atoms with E-state index in [4.69, 9.17) is 4.52 Å². The van der Waals surface area contributed by atoms with Crippen molar-refractivity contribution in [1.82, 2.24) is 20.2 Å². The van der Waals surface area contributed by atoms with E-state index in [0.717, 1.165) is 39.0 Å². The van der Waals surface area contributed by atoms with Gasteiger partial charge in [-0.1, -0.05) is 52.8 Å². The Hall–Kier alpha value is -4.26. The van der Waals surface area contributed by atoms with Crippen molar-refractivity contribution in [2.24, 2.45) is 0 Å². The Morgan fingerprint density at radius 3 is 2.59 bits per heavy atom. The highest BCUT2D eigenvalue weighted by atomic mass is 16.5. The van der Waals surface area contributed by atoms with Gasteiger partial charge >= 0.3 is 0 Å². The topological polar surface area (TPSA) is 85.8 Å². The molecule has 0 aliphatic rings. The average molecular weight is 423 g/mol. The number of hydrogen-bond donors (Lipinski definition) is 1. The van der Waals surface area contributed by atoms with Gasteiger partial charge in [0.2, 0.25) is 0 Å².